The van der Waals surface area contributed by atoms with Crippen molar-refractivity contribution in [2.75, 3.05) is 18.4 Å². The Morgan fingerprint density at radius 1 is 1.15 bits per heavy atom. The van der Waals surface area contributed by atoms with E-state index in [2.05, 4.69) is 5.32 Å². The summed E-state index contributed by atoms with van der Waals surface area (Å²) in [5.41, 5.74) is 0.620. The highest BCUT2D eigenvalue weighted by atomic mass is 32.2. The molecule has 0 aliphatic carbocycles. The fourth-order valence-corrected chi connectivity index (χ4v) is 5.49. The van der Waals surface area contributed by atoms with Gasteiger partial charge < -0.3 is 10.1 Å². The average molecular weight is 409 g/mol. The van der Waals surface area contributed by atoms with Crippen LogP contribution in [0, 0.1) is 5.92 Å². The number of esters is 1. The number of sulfonamides is 1. The summed E-state index contributed by atoms with van der Waals surface area (Å²) in [6.45, 7) is 2.00. The molecule has 1 aliphatic heterocycles. The van der Waals surface area contributed by atoms with Gasteiger partial charge in [-0.25, -0.2) is 8.42 Å². The van der Waals surface area contributed by atoms with Crippen molar-refractivity contribution in [3.05, 3.63) is 41.8 Å². The van der Waals surface area contributed by atoms with Gasteiger partial charge in [0, 0.05) is 25.7 Å². The lowest BCUT2D eigenvalue weighted by Gasteiger charge is -2.29. The smallest absolute Gasteiger partial charge is 0.314 e. The van der Waals surface area contributed by atoms with Gasteiger partial charge in [-0.3, -0.25) is 9.59 Å². The number of thiophene rings is 1. The molecule has 9 heteroatoms. The SMILES string of the molecule is CC(=O)Nc1ccc(OC(=O)C2CCN(S(=O)(=O)c3cccs3)CC2)cc1. The molecule has 1 aliphatic rings. The van der Waals surface area contributed by atoms with Crippen LogP contribution in [0.1, 0.15) is 19.8 Å². The van der Waals surface area contributed by atoms with Crippen LogP contribution in [0.5, 0.6) is 5.75 Å². The van der Waals surface area contributed by atoms with Gasteiger partial charge in [0.2, 0.25) is 5.91 Å². The molecule has 0 saturated carbocycles. The molecule has 0 bridgehead atoms. The highest BCUT2D eigenvalue weighted by Gasteiger charge is 2.33. The molecule has 0 radical (unpaired) electrons. The van der Waals surface area contributed by atoms with Crippen LogP contribution in [0.2, 0.25) is 0 Å². The molecule has 0 spiro atoms. The Balaban J connectivity index is 1.55. The van der Waals surface area contributed by atoms with Crippen LogP contribution in [0.25, 0.3) is 0 Å². The zero-order valence-corrected chi connectivity index (χ0v) is 16.4. The maximum Gasteiger partial charge on any atom is 0.314 e. The first kappa shape index (κ1) is 19.5. The topological polar surface area (TPSA) is 92.8 Å². The van der Waals surface area contributed by atoms with Crippen molar-refractivity contribution in [3.63, 3.8) is 0 Å². The molecule has 1 aromatic heterocycles. The van der Waals surface area contributed by atoms with Crippen LogP contribution in [0.3, 0.4) is 0 Å². The first-order valence-corrected chi connectivity index (χ1v) is 10.8. The van der Waals surface area contributed by atoms with Crippen molar-refractivity contribution in [1.29, 1.82) is 0 Å². The van der Waals surface area contributed by atoms with Gasteiger partial charge in [0.15, 0.2) is 0 Å². The number of piperidine rings is 1. The molecule has 2 heterocycles. The largest absolute Gasteiger partial charge is 0.426 e. The highest BCUT2D eigenvalue weighted by molar-refractivity contribution is 7.91. The van der Waals surface area contributed by atoms with Crippen LogP contribution < -0.4 is 10.1 Å². The third kappa shape index (κ3) is 4.74. The summed E-state index contributed by atoms with van der Waals surface area (Å²) in [7, 11) is -3.48. The van der Waals surface area contributed by atoms with E-state index in [0.717, 1.165) is 0 Å². The molecule has 1 aromatic carbocycles. The van der Waals surface area contributed by atoms with Gasteiger partial charge >= 0.3 is 5.97 Å². The number of carbonyl (C=O) groups excluding carboxylic acids is 2. The van der Waals surface area contributed by atoms with Crippen molar-refractivity contribution in [2.24, 2.45) is 5.92 Å². The number of benzene rings is 1. The fourth-order valence-electron chi connectivity index (χ4n) is 2.88. The molecular weight excluding hydrogens is 388 g/mol. The number of hydrogen-bond donors (Lipinski definition) is 1. The second kappa shape index (κ2) is 8.20. The van der Waals surface area contributed by atoms with Crippen LogP contribution in [0.4, 0.5) is 5.69 Å². The second-order valence-corrected chi connectivity index (χ2v) is 9.35. The van der Waals surface area contributed by atoms with E-state index in [1.165, 1.54) is 22.6 Å². The zero-order valence-electron chi connectivity index (χ0n) is 14.8. The molecule has 1 saturated heterocycles. The standard InChI is InChI=1S/C18H20N2O5S2/c1-13(21)19-15-4-6-16(7-5-15)25-18(22)14-8-10-20(11-9-14)27(23,24)17-3-2-12-26-17/h2-7,12,14H,8-11H2,1H3,(H,19,21). The minimum absolute atomic E-state index is 0.177. The maximum absolute atomic E-state index is 12.5. The Morgan fingerprint density at radius 3 is 2.37 bits per heavy atom. The first-order valence-electron chi connectivity index (χ1n) is 8.49. The Morgan fingerprint density at radius 2 is 1.81 bits per heavy atom. The molecular formula is C18H20N2O5S2. The molecule has 0 atom stereocenters. The maximum atomic E-state index is 12.5. The molecule has 0 unspecified atom stereocenters. The van der Waals surface area contributed by atoms with Crippen LogP contribution in [-0.4, -0.2) is 37.7 Å². The number of anilines is 1. The minimum atomic E-state index is -3.48. The Hall–Kier alpha value is -2.23. The number of amides is 1. The number of ether oxygens (including phenoxy) is 1. The number of nitrogens with zero attached hydrogens (tertiary/aromatic N) is 1. The van der Waals surface area contributed by atoms with Crippen molar-refractivity contribution in [1.82, 2.24) is 4.31 Å². The number of rotatable bonds is 5. The van der Waals surface area contributed by atoms with Crippen LogP contribution in [-0.2, 0) is 19.6 Å². The Labute approximate surface area is 162 Å². The lowest BCUT2D eigenvalue weighted by Crippen LogP contribution is -2.40. The summed E-state index contributed by atoms with van der Waals surface area (Å²) >= 11 is 1.19. The quantitative estimate of drug-likeness (QED) is 0.607. The third-order valence-corrected chi connectivity index (χ3v) is 7.54. The van der Waals surface area contributed by atoms with Gasteiger partial charge in [0.25, 0.3) is 10.0 Å². The molecule has 1 fully saturated rings. The van der Waals surface area contributed by atoms with Crippen molar-refractivity contribution < 1.29 is 22.7 Å². The van der Waals surface area contributed by atoms with Gasteiger partial charge in [-0.15, -0.1) is 11.3 Å². The van der Waals surface area contributed by atoms with E-state index in [1.54, 1.807) is 41.8 Å². The van der Waals surface area contributed by atoms with Crippen LogP contribution >= 0.6 is 11.3 Å². The lowest BCUT2D eigenvalue weighted by molar-refractivity contribution is -0.140. The summed E-state index contributed by atoms with van der Waals surface area (Å²) < 4.78 is 32.2. The molecule has 1 N–H and O–H groups in total. The van der Waals surface area contributed by atoms with E-state index in [4.69, 9.17) is 4.74 Å². The van der Waals surface area contributed by atoms with Gasteiger partial charge in [-0.1, -0.05) is 6.07 Å². The van der Waals surface area contributed by atoms with E-state index in [9.17, 15) is 18.0 Å². The Kier molecular flexibility index (Phi) is 5.93. The first-order chi connectivity index (χ1) is 12.9. The normalized spacial score (nSPS) is 16.0. The molecule has 144 valence electrons. The molecule has 3 rings (SSSR count). The second-order valence-electron chi connectivity index (χ2n) is 6.24. The molecule has 2 aromatic rings. The van der Waals surface area contributed by atoms with E-state index in [1.807, 2.05) is 0 Å². The Bertz CT molecular complexity index is 900. The number of nitrogens with one attached hydrogen (secondary N) is 1. The fraction of sp³-hybridized carbons (Fsp3) is 0.333. The van der Waals surface area contributed by atoms with Crippen molar-refractivity contribution in [3.8, 4) is 5.75 Å². The highest BCUT2D eigenvalue weighted by Crippen LogP contribution is 2.27. The van der Waals surface area contributed by atoms with E-state index < -0.39 is 10.0 Å². The monoisotopic (exact) mass is 408 g/mol. The van der Waals surface area contributed by atoms with Gasteiger partial charge in [0.1, 0.15) is 9.96 Å². The summed E-state index contributed by atoms with van der Waals surface area (Å²) in [5, 5.41) is 4.37. The lowest BCUT2D eigenvalue weighted by atomic mass is 9.98. The predicted molar refractivity (Wildman–Crippen MR) is 102 cm³/mol. The van der Waals surface area contributed by atoms with E-state index in [-0.39, 0.29) is 17.8 Å². The average Bonchev–Trinajstić information content (AvgIpc) is 3.18. The minimum Gasteiger partial charge on any atom is -0.426 e. The van der Waals surface area contributed by atoms with Gasteiger partial charge in [0.05, 0.1) is 5.92 Å². The molecule has 27 heavy (non-hydrogen) atoms. The zero-order chi connectivity index (χ0) is 19.4. The molecule has 1 amide bonds. The summed E-state index contributed by atoms with van der Waals surface area (Å²) in [5.74, 6) is -0.489. The number of hydrogen-bond acceptors (Lipinski definition) is 6. The predicted octanol–water partition coefficient (Wildman–Crippen LogP) is 2.71. The summed E-state index contributed by atoms with van der Waals surface area (Å²) in [6.07, 6.45) is 0.848. The van der Waals surface area contributed by atoms with E-state index in [0.29, 0.717) is 41.6 Å². The van der Waals surface area contributed by atoms with Gasteiger partial charge in [-0.2, -0.15) is 4.31 Å². The summed E-state index contributed by atoms with van der Waals surface area (Å²) in [6, 6.07) is 9.82. The number of carbonyl (C=O) groups is 2. The molecule has 7 nitrogen and oxygen atoms in total. The van der Waals surface area contributed by atoms with Crippen LogP contribution in [0.15, 0.2) is 46.0 Å². The van der Waals surface area contributed by atoms with E-state index >= 15 is 0 Å². The summed E-state index contributed by atoms with van der Waals surface area (Å²) in [4.78, 5) is 23.4. The van der Waals surface area contributed by atoms with Crippen molar-refractivity contribution in [2.45, 2.75) is 24.0 Å². The van der Waals surface area contributed by atoms with Crippen molar-refractivity contribution >= 4 is 38.9 Å². The van der Waals surface area contributed by atoms with Gasteiger partial charge in [-0.05, 0) is 48.6 Å². The third-order valence-electron chi connectivity index (χ3n) is 4.27.